The average molecular weight is 354 g/mol. The number of hydrogen-bond donors (Lipinski definition) is 1. The molecule has 1 aromatic carbocycles. The van der Waals surface area contributed by atoms with Gasteiger partial charge in [0.15, 0.2) is 11.5 Å². The zero-order valence-electron chi connectivity index (χ0n) is 14.3. The second kappa shape index (κ2) is 7.29. The molecule has 0 aromatic heterocycles. The van der Waals surface area contributed by atoms with Crippen LogP contribution in [-0.4, -0.2) is 51.1 Å². The number of rotatable bonds is 6. The Morgan fingerprint density at radius 1 is 1.08 bits per heavy atom. The molecule has 2 fully saturated rings. The van der Waals surface area contributed by atoms with E-state index in [0.29, 0.717) is 43.8 Å². The van der Waals surface area contributed by atoms with Gasteiger partial charge in [0.25, 0.3) is 0 Å². The fourth-order valence-electron chi connectivity index (χ4n) is 3.47. The maximum Gasteiger partial charge on any atom is 0.243 e. The molecule has 2 unspecified atom stereocenters. The second-order valence-electron chi connectivity index (χ2n) is 6.26. The van der Waals surface area contributed by atoms with E-state index in [1.165, 1.54) is 0 Å². The largest absolute Gasteiger partial charge is 0.490 e. The molecule has 2 aliphatic heterocycles. The zero-order chi connectivity index (χ0) is 17.2. The van der Waals surface area contributed by atoms with Crippen molar-refractivity contribution in [1.82, 2.24) is 9.62 Å². The van der Waals surface area contributed by atoms with Crippen LogP contribution in [0.2, 0.25) is 0 Å². The summed E-state index contributed by atoms with van der Waals surface area (Å²) >= 11 is 0. The number of nitrogens with zero attached hydrogens (tertiary/aromatic N) is 1. The van der Waals surface area contributed by atoms with E-state index < -0.39 is 10.0 Å². The number of nitrogens with one attached hydrogen (secondary N) is 1. The second-order valence-corrected chi connectivity index (χ2v) is 8.20. The first kappa shape index (κ1) is 17.5. The molecule has 1 aromatic rings. The lowest BCUT2D eigenvalue weighted by Gasteiger charge is -2.24. The van der Waals surface area contributed by atoms with Crippen molar-refractivity contribution in [2.45, 2.75) is 50.1 Å². The molecule has 0 saturated carbocycles. The number of hydrogen-bond acceptors (Lipinski definition) is 5. The highest BCUT2D eigenvalue weighted by Crippen LogP contribution is 2.32. The van der Waals surface area contributed by atoms with Gasteiger partial charge in [0.05, 0.1) is 18.1 Å². The molecule has 2 saturated heterocycles. The van der Waals surface area contributed by atoms with Gasteiger partial charge in [-0.2, -0.15) is 4.31 Å². The SMILES string of the molecule is CCOc1ccc(S(=O)(=O)N2CCC3CCC(C2)N3)cc1OCC. The molecule has 6 nitrogen and oxygen atoms in total. The molecule has 2 atom stereocenters. The third-order valence-corrected chi connectivity index (χ3v) is 6.50. The molecule has 0 amide bonds. The summed E-state index contributed by atoms with van der Waals surface area (Å²) < 4.78 is 38.8. The minimum Gasteiger partial charge on any atom is -0.490 e. The zero-order valence-corrected chi connectivity index (χ0v) is 15.1. The van der Waals surface area contributed by atoms with Crippen LogP contribution in [0.1, 0.15) is 33.1 Å². The number of fused-ring (bicyclic) bond motifs is 2. The summed E-state index contributed by atoms with van der Waals surface area (Å²) in [5.74, 6) is 1.06. The molecular formula is C17H26N2O4S. The molecule has 1 N–H and O–H groups in total. The molecule has 0 spiro atoms. The number of sulfonamides is 1. The predicted molar refractivity (Wildman–Crippen MR) is 92.1 cm³/mol. The van der Waals surface area contributed by atoms with E-state index in [9.17, 15) is 8.42 Å². The van der Waals surface area contributed by atoms with Gasteiger partial charge in [0, 0.05) is 31.2 Å². The number of ether oxygens (including phenoxy) is 2. The quantitative estimate of drug-likeness (QED) is 0.846. The Labute approximate surface area is 144 Å². The van der Waals surface area contributed by atoms with Crippen LogP contribution in [0, 0.1) is 0 Å². The van der Waals surface area contributed by atoms with Gasteiger partial charge in [-0.25, -0.2) is 8.42 Å². The van der Waals surface area contributed by atoms with Crippen molar-refractivity contribution < 1.29 is 17.9 Å². The Bertz CT molecular complexity index is 677. The Hall–Kier alpha value is -1.31. The maximum absolute atomic E-state index is 13.0. The first-order valence-corrected chi connectivity index (χ1v) is 10.1. The predicted octanol–water partition coefficient (Wildman–Crippen LogP) is 2.00. The van der Waals surface area contributed by atoms with Gasteiger partial charge in [-0.1, -0.05) is 0 Å². The van der Waals surface area contributed by atoms with Crippen molar-refractivity contribution in [1.29, 1.82) is 0 Å². The Morgan fingerprint density at radius 3 is 2.54 bits per heavy atom. The highest BCUT2D eigenvalue weighted by atomic mass is 32.2. The van der Waals surface area contributed by atoms with E-state index in [4.69, 9.17) is 9.47 Å². The van der Waals surface area contributed by atoms with Crippen molar-refractivity contribution in [2.24, 2.45) is 0 Å². The van der Waals surface area contributed by atoms with E-state index in [0.717, 1.165) is 19.3 Å². The average Bonchev–Trinajstić information content (AvgIpc) is 2.88. The van der Waals surface area contributed by atoms with E-state index in [2.05, 4.69) is 5.32 Å². The lowest BCUT2D eigenvalue weighted by Crippen LogP contribution is -2.39. The lowest BCUT2D eigenvalue weighted by molar-refractivity contribution is 0.287. The van der Waals surface area contributed by atoms with Gasteiger partial charge in [0.2, 0.25) is 10.0 Å². The van der Waals surface area contributed by atoms with Gasteiger partial charge in [-0.15, -0.1) is 0 Å². The van der Waals surface area contributed by atoms with E-state index in [1.807, 2.05) is 13.8 Å². The summed E-state index contributed by atoms with van der Waals surface area (Å²) in [4.78, 5) is 0.271. The molecule has 7 heteroatoms. The third-order valence-electron chi connectivity index (χ3n) is 4.64. The standard InChI is InChI=1S/C17H26N2O4S/c1-3-22-16-8-7-15(11-17(16)23-4-2)24(20,21)19-10-9-13-5-6-14(12-19)18-13/h7-8,11,13-14,18H,3-6,9-10,12H2,1-2H3. The third kappa shape index (κ3) is 3.53. The first-order valence-electron chi connectivity index (χ1n) is 8.70. The summed E-state index contributed by atoms with van der Waals surface area (Å²) in [6.45, 7) is 5.82. The minimum absolute atomic E-state index is 0.265. The molecule has 2 bridgehead atoms. The topological polar surface area (TPSA) is 67.9 Å². The lowest BCUT2D eigenvalue weighted by atomic mass is 10.1. The van der Waals surface area contributed by atoms with Gasteiger partial charge in [-0.3, -0.25) is 0 Å². The van der Waals surface area contributed by atoms with Crippen molar-refractivity contribution in [2.75, 3.05) is 26.3 Å². The van der Waals surface area contributed by atoms with Crippen molar-refractivity contribution in [3.63, 3.8) is 0 Å². The van der Waals surface area contributed by atoms with Gasteiger partial charge < -0.3 is 14.8 Å². The van der Waals surface area contributed by atoms with E-state index in [-0.39, 0.29) is 10.9 Å². The molecule has 2 aliphatic rings. The Balaban J connectivity index is 1.87. The molecule has 134 valence electrons. The highest BCUT2D eigenvalue weighted by Gasteiger charge is 2.35. The van der Waals surface area contributed by atoms with E-state index in [1.54, 1.807) is 22.5 Å². The molecule has 24 heavy (non-hydrogen) atoms. The van der Waals surface area contributed by atoms with Crippen molar-refractivity contribution >= 4 is 10.0 Å². The van der Waals surface area contributed by atoms with Crippen LogP contribution < -0.4 is 14.8 Å². The smallest absolute Gasteiger partial charge is 0.243 e. The van der Waals surface area contributed by atoms with Crippen LogP contribution in [0.15, 0.2) is 23.1 Å². The Morgan fingerprint density at radius 2 is 1.79 bits per heavy atom. The fourth-order valence-corrected chi connectivity index (χ4v) is 4.99. The summed E-state index contributed by atoms with van der Waals surface area (Å²) in [6, 6.07) is 5.60. The van der Waals surface area contributed by atoms with E-state index >= 15 is 0 Å². The van der Waals surface area contributed by atoms with Crippen LogP contribution in [0.5, 0.6) is 11.5 Å². The van der Waals surface area contributed by atoms with Gasteiger partial charge in [-0.05, 0) is 45.2 Å². The maximum atomic E-state index is 13.0. The number of benzene rings is 1. The molecule has 3 rings (SSSR count). The molecule has 2 heterocycles. The van der Waals surface area contributed by atoms with Crippen LogP contribution >= 0.6 is 0 Å². The summed E-state index contributed by atoms with van der Waals surface area (Å²) in [5, 5.41) is 3.51. The van der Waals surface area contributed by atoms with Gasteiger partial charge in [0.1, 0.15) is 0 Å². The van der Waals surface area contributed by atoms with Crippen LogP contribution in [0.3, 0.4) is 0 Å². The summed E-state index contributed by atoms with van der Waals surface area (Å²) in [7, 11) is -3.52. The monoisotopic (exact) mass is 354 g/mol. The van der Waals surface area contributed by atoms with Crippen LogP contribution in [-0.2, 0) is 10.0 Å². The minimum atomic E-state index is -3.52. The molecule has 0 radical (unpaired) electrons. The van der Waals surface area contributed by atoms with Crippen LogP contribution in [0.4, 0.5) is 0 Å². The summed E-state index contributed by atoms with van der Waals surface area (Å²) in [6.07, 6.45) is 3.06. The van der Waals surface area contributed by atoms with Crippen molar-refractivity contribution in [3.05, 3.63) is 18.2 Å². The van der Waals surface area contributed by atoms with Crippen molar-refractivity contribution in [3.8, 4) is 11.5 Å². The first-order chi connectivity index (χ1) is 11.5. The normalized spacial score (nSPS) is 24.6. The molecular weight excluding hydrogens is 328 g/mol. The summed E-state index contributed by atoms with van der Waals surface area (Å²) in [5.41, 5.74) is 0. The Kier molecular flexibility index (Phi) is 5.32. The molecule has 0 aliphatic carbocycles. The van der Waals surface area contributed by atoms with Crippen LogP contribution in [0.25, 0.3) is 0 Å². The van der Waals surface area contributed by atoms with Gasteiger partial charge >= 0.3 is 0 Å². The fraction of sp³-hybridized carbons (Fsp3) is 0.647. The highest BCUT2D eigenvalue weighted by molar-refractivity contribution is 7.89.